The molecule has 0 saturated heterocycles. The van der Waals surface area contributed by atoms with Gasteiger partial charge in [0.25, 0.3) is 0 Å². The third kappa shape index (κ3) is 2.97. The number of nitrogens with one attached hydrogen (secondary N) is 2. The molecule has 5 nitrogen and oxygen atoms in total. The fraction of sp³-hybridized carbons (Fsp3) is 0.167. The van der Waals surface area contributed by atoms with Gasteiger partial charge in [-0.25, -0.2) is 15.8 Å². The number of nitrogens with zero attached hydrogens (tertiary/aromatic N) is 2. The van der Waals surface area contributed by atoms with E-state index in [9.17, 15) is 0 Å². The molecule has 0 bridgehead atoms. The summed E-state index contributed by atoms with van der Waals surface area (Å²) in [5.41, 5.74) is 4.32. The van der Waals surface area contributed by atoms with Crippen LogP contribution in [0.2, 0.25) is 5.02 Å². The molecule has 1 aromatic carbocycles. The van der Waals surface area contributed by atoms with E-state index >= 15 is 0 Å². The van der Waals surface area contributed by atoms with Crippen molar-refractivity contribution in [2.45, 2.75) is 13.3 Å². The molecule has 0 radical (unpaired) electrons. The highest BCUT2D eigenvalue weighted by Crippen LogP contribution is 2.33. The highest BCUT2D eigenvalue weighted by Gasteiger charge is 2.11. The minimum absolute atomic E-state index is 0.609. The second kappa shape index (κ2) is 6.18. The van der Waals surface area contributed by atoms with Crippen LogP contribution in [0, 0.1) is 0 Å². The molecule has 19 heavy (non-hydrogen) atoms. The lowest BCUT2D eigenvalue weighted by molar-refractivity contribution is 1.04. The van der Waals surface area contributed by atoms with E-state index in [2.05, 4.69) is 36.6 Å². The summed E-state index contributed by atoms with van der Waals surface area (Å²) < 4.78 is 0.791. The fourth-order valence-electron chi connectivity index (χ4n) is 1.71. The Kier molecular flexibility index (Phi) is 4.57. The van der Waals surface area contributed by atoms with Gasteiger partial charge in [-0.1, -0.05) is 24.6 Å². The topological polar surface area (TPSA) is 75.9 Å². The van der Waals surface area contributed by atoms with Gasteiger partial charge in [0.15, 0.2) is 0 Å². The van der Waals surface area contributed by atoms with E-state index in [4.69, 9.17) is 17.4 Å². The molecular formula is C12H13BrClN5. The molecule has 4 N–H and O–H groups in total. The second-order valence-corrected chi connectivity index (χ2v) is 4.97. The van der Waals surface area contributed by atoms with Gasteiger partial charge < -0.3 is 10.7 Å². The third-order valence-electron chi connectivity index (χ3n) is 2.64. The standard InChI is InChI=1S/C12H13BrClN5/c1-2-7-11(16-6-17-12(7)19-15)18-9-5-3-4-8(14)10(9)13/h3-6H,2,15H2,1H3,(H2,16,17,18,19). The van der Waals surface area contributed by atoms with Crippen LogP contribution >= 0.6 is 27.5 Å². The first-order valence-electron chi connectivity index (χ1n) is 5.68. The van der Waals surface area contributed by atoms with Crippen molar-refractivity contribution in [3.8, 4) is 0 Å². The van der Waals surface area contributed by atoms with Crippen molar-refractivity contribution >= 4 is 44.9 Å². The van der Waals surface area contributed by atoms with E-state index in [1.54, 1.807) is 0 Å². The molecule has 1 heterocycles. The van der Waals surface area contributed by atoms with Crippen LogP contribution in [0.5, 0.6) is 0 Å². The lowest BCUT2D eigenvalue weighted by Crippen LogP contribution is -2.13. The molecule has 0 atom stereocenters. The summed E-state index contributed by atoms with van der Waals surface area (Å²) in [5, 5.41) is 3.86. The van der Waals surface area contributed by atoms with Gasteiger partial charge in [0.1, 0.15) is 18.0 Å². The van der Waals surface area contributed by atoms with Crippen molar-refractivity contribution in [3.05, 3.63) is 39.6 Å². The summed E-state index contributed by atoms with van der Waals surface area (Å²) in [5.74, 6) is 6.76. The first-order chi connectivity index (χ1) is 9.17. The van der Waals surface area contributed by atoms with Gasteiger partial charge in [0.05, 0.1) is 15.2 Å². The highest BCUT2D eigenvalue weighted by atomic mass is 79.9. The number of benzene rings is 1. The predicted molar refractivity (Wildman–Crippen MR) is 81.7 cm³/mol. The Morgan fingerprint density at radius 2 is 2.05 bits per heavy atom. The highest BCUT2D eigenvalue weighted by molar-refractivity contribution is 9.10. The van der Waals surface area contributed by atoms with E-state index in [0.717, 1.165) is 22.1 Å². The SMILES string of the molecule is CCc1c(NN)ncnc1Nc1cccc(Cl)c1Br. The molecule has 0 aliphatic heterocycles. The zero-order valence-electron chi connectivity index (χ0n) is 10.2. The largest absolute Gasteiger partial charge is 0.339 e. The van der Waals surface area contributed by atoms with Crippen molar-refractivity contribution < 1.29 is 0 Å². The van der Waals surface area contributed by atoms with Crippen LogP contribution in [0.15, 0.2) is 29.0 Å². The fourth-order valence-corrected chi connectivity index (χ4v) is 2.25. The first-order valence-corrected chi connectivity index (χ1v) is 6.86. The number of hydrogen-bond acceptors (Lipinski definition) is 5. The number of hydrazine groups is 1. The van der Waals surface area contributed by atoms with Gasteiger partial charge in [0, 0.05) is 5.56 Å². The molecule has 0 amide bonds. The molecule has 0 spiro atoms. The summed E-state index contributed by atoms with van der Waals surface area (Å²) in [7, 11) is 0. The Bertz CT molecular complexity index is 590. The number of halogens is 2. The van der Waals surface area contributed by atoms with Crippen LogP contribution in [0.4, 0.5) is 17.3 Å². The number of anilines is 3. The third-order valence-corrected chi connectivity index (χ3v) is 4.04. The molecule has 2 rings (SSSR count). The molecular weight excluding hydrogens is 330 g/mol. The minimum atomic E-state index is 0.609. The zero-order chi connectivity index (χ0) is 13.8. The van der Waals surface area contributed by atoms with Gasteiger partial charge >= 0.3 is 0 Å². The molecule has 7 heteroatoms. The molecule has 100 valence electrons. The Labute approximate surface area is 124 Å². The normalized spacial score (nSPS) is 10.3. The van der Waals surface area contributed by atoms with Crippen molar-refractivity contribution in [1.82, 2.24) is 9.97 Å². The van der Waals surface area contributed by atoms with Crippen molar-refractivity contribution in [3.63, 3.8) is 0 Å². The summed E-state index contributed by atoms with van der Waals surface area (Å²) >= 11 is 9.50. The van der Waals surface area contributed by atoms with E-state index in [1.165, 1.54) is 6.33 Å². The minimum Gasteiger partial charge on any atom is -0.339 e. The first kappa shape index (κ1) is 14.0. The predicted octanol–water partition coefficient (Wildman–Crippen LogP) is 3.48. The lowest BCUT2D eigenvalue weighted by atomic mass is 10.2. The Balaban J connectivity index is 2.41. The molecule has 0 fully saturated rings. The number of aromatic nitrogens is 2. The van der Waals surface area contributed by atoms with Crippen LogP contribution in [0.1, 0.15) is 12.5 Å². The summed E-state index contributed by atoms with van der Waals surface area (Å²) in [6.07, 6.45) is 2.20. The van der Waals surface area contributed by atoms with Gasteiger partial charge in [0.2, 0.25) is 0 Å². The Hall–Kier alpha value is -1.37. The summed E-state index contributed by atoms with van der Waals surface area (Å²) in [6, 6.07) is 5.59. The molecule has 0 saturated carbocycles. The maximum Gasteiger partial charge on any atom is 0.148 e. The van der Waals surface area contributed by atoms with Crippen molar-refractivity contribution in [1.29, 1.82) is 0 Å². The second-order valence-electron chi connectivity index (χ2n) is 3.77. The molecule has 2 aromatic rings. The maximum absolute atomic E-state index is 6.06. The van der Waals surface area contributed by atoms with Crippen LogP contribution in [-0.4, -0.2) is 9.97 Å². The van der Waals surface area contributed by atoms with Crippen LogP contribution in [-0.2, 0) is 6.42 Å². The van der Waals surface area contributed by atoms with Crippen LogP contribution < -0.4 is 16.6 Å². The number of nitrogens with two attached hydrogens (primary N) is 1. The number of rotatable bonds is 4. The molecule has 1 aromatic heterocycles. The van der Waals surface area contributed by atoms with Gasteiger partial charge in [-0.05, 0) is 34.5 Å². The van der Waals surface area contributed by atoms with E-state index < -0.39 is 0 Å². The lowest BCUT2D eigenvalue weighted by Gasteiger charge is -2.14. The maximum atomic E-state index is 6.06. The molecule has 0 unspecified atom stereocenters. The number of nitrogen functional groups attached to an aromatic ring is 1. The van der Waals surface area contributed by atoms with Gasteiger partial charge in [-0.15, -0.1) is 0 Å². The smallest absolute Gasteiger partial charge is 0.148 e. The average molecular weight is 343 g/mol. The Morgan fingerprint density at radius 3 is 2.74 bits per heavy atom. The monoisotopic (exact) mass is 341 g/mol. The zero-order valence-corrected chi connectivity index (χ0v) is 12.6. The summed E-state index contributed by atoms with van der Waals surface area (Å²) in [4.78, 5) is 8.33. The number of hydrogen-bond donors (Lipinski definition) is 3. The van der Waals surface area contributed by atoms with Crippen LogP contribution in [0.3, 0.4) is 0 Å². The quantitative estimate of drug-likeness (QED) is 0.586. The van der Waals surface area contributed by atoms with Gasteiger partial charge in [-0.3, -0.25) is 0 Å². The molecule has 0 aliphatic rings. The van der Waals surface area contributed by atoms with E-state index in [1.807, 2.05) is 25.1 Å². The van der Waals surface area contributed by atoms with E-state index in [-0.39, 0.29) is 0 Å². The van der Waals surface area contributed by atoms with Crippen molar-refractivity contribution in [2.24, 2.45) is 5.84 Å². The van der Waals surface area contributed by atoms with Crippen molar-refractivity contribution in [2.75, 3.05) is 10.7 Å². The summed E-state index contributed by atoms with van der Waals surface area (Å²) in [6.45, 7) is 2.01. The van der Waals surface area contributed by atoms with Crippen LogP contribution in [0.25, 0.3) is 0 Å². The van der Waals surface area contributed by atoms with E-state index in [0.29, 0.717) is 16.7 Å². The van der Waals surface area contributed by atoms with Gasteiger partial charge in [-0.2, -0.15) is 0 Å². The molecule has 0 aliphatic carbocycles. The Morgan fingerprint density at radius 1 is 1.32 bits per heavy atom. The average Bonchev–Trinajstić information content (AvgIpc) is 2.43.